The number of rotatable bonds is 6. The van der Waals surface area contributed by atoms with Gasteiger partial charge in [-0.1, -0.05) is 32.0 Å². The number of carboxylic acids is 1. The number of sulfonamides is 1. The second-order valence-electron chi connectivity index (χ2n) is 5.75. The number of benzene rings is 2. The van der Waals surface area contributed by atoms with Gasteiger partial charge in [-0.2, -0.15) is 0 Å². The van der Waals surface area contributed by atoms with Crippen LogP contribution in [0.25, 0.3) is 0 Å². The van der Waals surface area contributed by atoms with E-state index in [9.17, 15) is 18.3 Å². The third-order valence-electron chi connectivity index (χ3n) is 3.36. The van der Waals surface area contributed by atoms with Crippen molar-refractivity contribution in [3.05, 3.63) is 54.1 Å². The van der Waals surface area contributed by atoms with Gasteiger partial charge in [-0.3, -0.25) is 4.31 Å². The molecular formula is C17H19NO5S. The Bertz CT molecular complexity index is 831. The van der Waals surface area contributed by atoms with Crippen LogP contribution in [0.5, 0.6) is 5.75 Å². The molecule has 0 saturated heterocycles. The lowest BCUT2D eigenvalue weighted by Gasteiger charge is -2.26. The van der Waals surface area contributed by atoms with Crippen LogP contribution in [-0.2, 0) is 10.0 Å². The minimum atomic E-state index is -3.82. The van der Waals surface area contributed by atoms with E-state index in [2.05, 4.69) is 0 Å². The molecule has 0 aromatic heterocycles. The first kappa shape index (κ1) is 17.8. The zero-order valence-electron chi connectivity index (χ0n) is 13.4. The van der Waals surface area contributed by atoms with Crippen LogP contribution in [0, 0.1) is 5.92 Å². The van der Waals surface area contributed by atoms with E-state index in [1.807, 2.05) is 13.8 Å². The maximum atomic E-state index is 12.9. The summed E-state index contributed by atoms with van der Waals surface area (Å²) in [5, 5.41) is 18.9. The van der Waals surface area contributed by atoms with Gasteiger partial charge in [0.05, 0.1) is 10.6 Å². The Morgan fingerprint density at radius 1 is 1.12 bits per heavy atom. The lowest BCUT2D eigenvalue weighted by Crippen LogP contribution is -2.34. The quantitative estimate of drug-likeness (QED) is 0.836. The number of carboxylic acid groups (broad SMARTS) is 1. The summed E-state index contributed by atoms with van der Waals surface area (Å²) < 4.78 is 27.0. The van der Waals surface area contributed by atoms with Gasteiger partial charge in [0.2, 0.25) is 0 Å². The van der Waals surface area contributed by atoms with Gasteiger partial charge >= 0.3 is 5.97 Å². The maximum absolute atomic E-state index is 12.9. The van der Waals surface area contributed by atoms with Crippen LogP contribution in [0.3, 0.4) is 0 Å². The van der Waals surface area contributed by atoms with E-state index in [1.165, 1.54) is 28.6 Å². The van der Waals surface area contributed by atoms with Gasteiger partial charge in [0, 0.05) is 12.6 Å². The molecule has 2 rings (SSSR count). The average molecular weight is 349 g/mol. The fourth-order valence-electron chi connectivity index (χ4n) is 2.25. The Morgan fingerprint density at radius 2 is 1.75 bits per heavy atom. The molecule has 0 fully saturated rings. The van der Waals surface area contributed by atoms with Crippen molar-refractivity contribution in [3.63, 3.8) is 0 Å². The minimum Gasteiger partial charge on any atom is -0.507 e. The highest BCUT2D eigenvalue weighted by Crippen LogP contribution is 2.29. The summed E-state index contributed by atoms with van der Waals surface area (Å²) in [7, 11) is -3.82. The molecule has 0 spiro atoms. The first-order valence-corrected chi connectivity index (χ1v) is 8.81. The fraction of sp³-hybridized carbons (Fsp3) is 0.235. The fourth-order valence-corrected chi connectivity index (χ4v) is 3.89. The molecule has 0 aliphatic rings. The highest BCUT2D eigenvalue weighted by molar-refractivity contribution is 7.92. The Morgan fingerprint density at radius 3 is 2.25 bits per heavy atom. The van der Waals surface area contributed by atoms with Crippen LogP contribution < -0.4 is 4.31 Å². The Balaban J connectivity index is 2.54. The second kappa shape index (κ2) is 6.92. The summed E-state index contributed by atoms with van der Waals surface area (Å²) in [6, 6.07) is 11.7. The predicted octanol–water partition coefficient (Wildman–Crippen LogP) is 2.94. The van der Waals surface area contributed by atoms with Gasteiger partial charge in [-0.25, -0.2) is 13.2 Å². The van der Waals surface area contributed by atoms with Crippen molar-refractivity contribution >= 4 is 21.7 Å². The largest absolute Gasteiger partial charge is 0.507 e. The smallest absolute Gasteiger partial charge is 0.339 e. The van der Waals surface area contributed by atoms with E-state index in [1.54, 1.807) is 18.2 Å². The Labute approximate surface area is 141 Å². The molecule has 0 radical (unpaired) electrons. The molecule has 0 bridgehead atoms. The summed E-state index contributed by atoms with van der Waals surface area (Å²) in [6.45, 7) is 3.95. The molecule has 0 aliphatic carbocycles. The molecule has 0 atom stereocenters. The van der Waals surface area contributed by atoms with Crippen LogP contribution in [-0.4, -0.2) is 31.1 Å². The van der Waals surface area contributed by atoms with Crippen LogP contribution in [0.1, 0.15) is 24.2 Å². The van der Waals surface area contributed by atoms with Crippen LogP contribution in [0.4, 0.5) is 5.69 Å². The number of carbonyl (C=O) groups is 1. The van der Waals surface area contributed by atoms with Crippen molar-refractivity contribution in [1.29, 1.82) is 0 Å². The van der Waals surface area contributed by atoms with E-state index >= 15 is 0 Å². The van der Waals surface area contributed by atoms with Gasteiger partial charge in [0.15, 0.2) is 0 Å². The zero-order chi connectivity index (χ0) is 17.9. The summed E-state index contributed by atoms with van der Waals surface area (Å²) in [5.74, 6) is -1.72. The first-order chi connectivity index (χ1) is 11.2. The molecule has 128 valence electrons. The number of aromatic carboxylic acids is 1. The molecule has 0 amide bonds. The summed E-state index contributed by atoms with van der Waals surface area (Å²) in [6.07, 6.45) is 0. The van der Waals surface area contributed by atoms with Gasteiger partial charge in [-0.05, 0) is 30.2 Å². The van der Waals surface area contributed by atoms with Crippen molar-refractivity contribution < 1.29 is 23.4 Å². The molecule has 6 nitrogen and oxygen atoms in total. The number of anilines is 1. The topological polar surface area (TPSA) is 94.9 Å². The van der Waals surface area contributed by atoms with E-state index in [4.69, 9.17) is 5.11 Å². The molecular weight excluding hydrogens is 330 g/mol. The summed E-state index contributed by atoms with van der Waals surface area (Å²) >= 11 is 0. The molecule has 0 heterocycles. The number of hydrogen-bond acceptors (Lipinski definition) is 4. The molecule has 2 N–H and O–H groups in total. The van der Waals surface area contributed by atoms with E-state index in [-0.39, 0.29) is 28.6 Å². The molecule has 2 aromatic carbocycles. The van der Waals surface area contributed by atoms with Crippen molar-refractivity contribution in [1.82, 2.24) is 0 Å². The molecule has 24 heavy (non-hydrogen) atoms. The van der Waals surface area contributed by atoms with Crippen molar-refractivity contribution in [2.24, 2.45) is 5.92 Å². The average Bonchev–Trinajstić information content (AvgIpc) is 2.52. The monoisotopic (exact) mass is 349 g/mol. The highest BCUT2D eigenvalue weighted by atomic mass is 32.2. The number of hydrogen-bond donors (Lipinski definition) is 2. The number of phenols is 1. The number of nitrogens with zero attached hydrogens (tertiary/aromatic N) is 1. The Hall–Kier alpha value is -2.54. The van der Waals surface area contributed by atoms with Crippen LogP contribution in [0.2, 0.25) is 0 Å². The van der Waals surface area contributed by atoms with Crippen LogP contribution in [0.15, 0.2) is 53.4 Å². The molecule has 2 aromatic rings. The lowest BCUT2D eigenvalue weighted by atomic mass is 10.1. The Kier molecular flexibility index (Phi) is 5.14. The van der Waals surface area contributed by atoms with Gasteiger partial charge in [0.1, 0.15) is 11.3 Å². The normalized spacial score (nSPS) is 11.5. The molecule has 0 unspecified atom stereocenters. The maximum Gasteiger partial charge on any atom is 0.339 e. The van der Waals surface area contributed by atoms with E-state index in [0.29, 0.717) is 0 Å². The zero-order valence-corrected chi connectivity index (χ0v) is 14.2. The van der Waals surface area contributed by atoms with E-state index < -0.39 is 21.7 Å². The first-order valence-electron chi connectivity index (χ1n) is 7.37. The van der Waals surface area contributed by atoms with E-state index in [0.717, 1.165) is 6.07 Å². The minimum absolute atomic E-state index is 0.0322. The molecule has 7 heteroatoms. The highest BCUT2D eigenvalue weighted by Gasteiger charge is 2.26. The summed E-state index contributed by atoms with van der Waals surface area (Å²) in [4.78, 5) is 11.1. The van der Waals surface area contributed by atoms with Gasteiger partial charge in [-0.15, -0.1) is 0 Å². The number of aromatic hydroxyl groups is 1. The van der Waals surface area contributed by atoms with Crippen molar-refractivity contribution in [2.45, 2.75) is 18.7 Å². The van der Waals surface area contributed by atoms with Crippen molar-refractivity contribution in [2.75, 3.05) is 10.8 Å². The predicted molar refractivity (Wildman–Crippen MR) is 90.9 cm³/mol. The molecule has 0 aliphatic heterocycles. The molecule has 0 saturated carbocycles. The third-order valence-corrected chi connectivity index (χ3v) is 5.17. The summed E-state index contributed by atoms with van der Waals surface area (Å²) in [5.41, 5.74) is -0.0598. The van der Waals surface area contributed by atoms with Gasteiger partial charge in [0.25, 0.3) is 10.0 Å². The SMILES string of the molecule is CC(C)CN(c1ccc(C(=O)O)c(O)c1)S(=O)(=O)c1ccccc1. The standard InChI is InChI=1S/C17H19NO5S/c1-12(2)11-18(24(22,23)14-6-4-3-5-7-14)13-8-9-15(17(20)21)16(19)10-13/h3-10,12,19H,11H2,1-2H3,(H,20,21). The van der Waals surface area contributed by atoms with Crippen LogP contribution >= 0.6 is 0 Å². The lowest BCUT2D eigenvalue weighted by molar-refractivity contribution is 0.0694. The van der Waals surface area contributed by atoms with Gasteiger partial charge < -0.3 is 10.2 Å². The van der Waals surface area contributed by atoms with Crippen molar-refractivity contribution in [3.8, 4) is 5.75 Å². The second-order valence-corrected chi connectivity index (χ2v) is 7.61. The third kappa shape index (κ3) is 3.68.